The number of carbonyl (C=O) groups excluding carboxylic acids is 1. The Morgan fingerprint density at radius 1 is 1.79 bits per heavy atom. The first kappa shape index (κ1) is 12.5. The number of aliphatic hydroxyl groups excluding tert-OH is 1. The fourth-order valence-corrected chi connectivity index (χ4v) is 0.723. The van der Waals surface area contributed by atoms with Gasteiger partial charge in [-0.3, -0.25) is 0 Å². The van der Waals surface area contributed by atoms with Crippen LogP contribution >= 0.6 is 0 Å². The van der Waals surface area contributed by atoms with Crippen LogP contribution in [-0.2, 0) is 9.53 Å². The molecule has 0 rings (SSSR count). The van der Waals surface area contributed by atoms with Crippen LogP contribution in [-0.4, -0.2) is 29.8 Å². The number of ether oxygens (including phenoxy) is 1. The summed E-state index contributed by atoms with van der Waals surface area (Å²) in [4.78, 5) is 13.4. The van der Waals surface area contributed by atoms with E-state index >= 15 is 0 Å². The topological polar surface area (TPSA) is 95.3 Å². The number of esters is 1. The smallest absolute Gasteiger partial charge is 0.330 e. The van der Waals surface area contributed by atoms with Gasteiger partial charge in [-0.25, -0.2) is 4.79 Å². The van der Waals surface area contributed by atoms with Gasteiger partial charge in [-0.2, -0.15) is 0 Å². The van der Waals surface area contributed by atoms with Crippen LogP contribution in [0, 0.1) is 0 Å². The molecule has 0 radical (unpaired) electrons. The van der Waals surface area contributed by atoms with E-state index in [9.17, 15) is 4.79 Å². The maximum absolute atomic E-state index is 10.8. The second-order valence-corrected chi connectivity index (χ2v) is 2.55. The molecule has 0 saturated carbocycles. The molecule has 0 aromatic rings. The molecule has 6 nitrogen and oxygen atoms in total. The molecule has 0 heterocycles. The zero-order valence-electron chi connectivity index (χ0n) is 8.12. The van der Waals surface area contributed by atoms with E-state index in [1.807, 2.05) is 0 Å². The first-order valence-electron chi connectivity index (χ1n) is 4.19. The van der Waals surface area contributed by atoms with Crippen molar-refractivity contribution < 1.29 is 14.6 Å². The third-order valence-electron chi connectivity index (χ3n) is 1.40. The van der Waals surface area contributed by atoms with Gasteiger partial charge in [-0.1, -0.05) is 11.2 Å². The van der Waals surface area contributed by atoms with Crippen molar-refractivity contribution in [3.63, 3.8) is 0 Å². The molecule has 0 saturated heterocycles. The van der Waals surface area contributed by atoms with Gasteiger partial charge in [0.25, 0.3) is 0 Å². The average Bonchev–Trinajstić information content (AvgIpc) is 2.12. The third kappa shape index (κ3) is 5.18. The van der Waals surface area contributed by atoms with Crippen molar-refractivity contribution in [3.8, 4) is 0 Å². The molecule has 0 aromatic carbocycles. The second-order valence-electron chi connectivity index (χ2n) is 2.55. The molecular formula is C8H13N3O3. The van der Waals surface area contributed by atoms with Crippen molar-refractivity contribution in [2.45, 2.75) is 26.0 Å². The molecule has 6 heteroatoms. The summed E-state index contributed by atoms with van der Waals surface area (Å²) in [7, 11) is 0. The maximum Gasteiger partial charge on any atom is 0.330 e. The molecule has 0 aliphatic carbocycles. The Morgan fingerprint density at radius 2 is 2.43 bits per heavy atom. The van der Waals surface area contributed by atoms with Crippen LogP contribution in [0.2, 0.25) is 0 Å². The van der Waals surface area contributed by atoms with Gasteiger partial charge in [-0.15, -0.1) is 0 Å². The Kier molecular flexibility index (Phi) is 6.19. The fourth-order valence-electron chi connectivity index (χ4n) is 0.723. The Balaban J connectivity index is 4.28. The second kappa shape index (κ2) is 6.94. The summed E-state index contributed by atoms with van der Waals surface area (Å²) in [6.07, 6.45) is 1.61. The van der Waals surface area contributed by atoms with E-state index < -0.39 is 18.1 Å². The quantitative estimate of drug-likeness (QED) is 0.236. The Hall–Kier alpha value is -1.52. The van der Waals surface area contributed by atoms with Crippen molar-refractivity contribution >= 4 is 5.97 Å². The molecule has 78 valence electrons. The van der Waals surface area contributed by atoms with Crippen molar-refractivity contribution in [3.05, 3.63) is 22.6 Å². The molecular weight excluding hydrogens is 186 g/mol. The predicted molar refractivity (Wildman–Crippen MR) is 50.4 cm³/mol. The first-order chi connectivity index (χ1) is 6.61. The van der Waals surface area contributed by atoms with Crippen LogP contribution in [0.1, 0.15) is 13.8 Å². The molecule has 0 bridgehead atoms. The summed E-state index contributed by atoms with van der Waals surface area (Å²) in [5.74, 6) is -0.522. The van der Waals surface area contributed by atoms with Crippen LogP contribution in [0.3, 0.4) is 0 Å². The Morgan fingerprint density at radius 3 is 2.86 bits per heavy atom. The van der Waals surface area contributed by atoms with E-state index in [4.69, 9.17) is 10.6 Å². The maximum atomic E-state index is 10.8. The van der Waals surface area contributed by atoms with E-state index in [0.29, 0.717) is 0 Å². The predicted octanol–water partition coefficient (Wildman–Crippen LogP) is 1.17. The number of azide groups is 1. The highest BCUT2D eigenvalue weighted by atomic mass is 16.5. The van der Waals surface area contributed by atoms with Crippen LogP contribution < -0.4 is 0 Å². The summed E-state index contributed by atoms with van der Waals surface area (Å²) in [5.41, 5.74) is 8.15. The summed E-state index contributed by atoms with van der Waals surface area (Å²) in [5, 5.41) is 12.4. The highest BCUT2D eigenvalue weighted by Crippen LogP contribution is 2.01. The molecule has 2 atom stereocenters. The summed E-state index contributed by atoms with van der Waals surface area (Å²) in [6, 6.07) is -0.746. The van der Waals surface area contributed by atoms with Crippen molar-refractivity contribution in [1.29, 1.82) is 0 Å². The molecule has 2 unspecified atom stereocenters. The van der Waals surface area contributed by atoms with E-state index in [2.05, 4.69) is 14.8 Å². The Bertz CT molecular complexity index is 257. The van der Waals surface area contributed by atoms with E-state index in [-0.39, 0.29) is 6.61 Å². The van der Waals surface area contributed by atoms with E-state index in [0.717, 1.165) is 6.08 Å². The number of nitrogens with zero attached hydrogens (tertiary/aromatic N) is 3. The lowest BCUT2D eigenvalue weighted by Crippen LogP contribution is -2.18. The third-order valence-corrected chi connectivity index (χ3v) is 1.40. The number of aliphatic hydroxyl groups is 1. The monoisotopic (exact) mass is 199 g/mol. The van der Waals surface area contributed by atoms with Crippen LogP contribution in [0.25, 0.3) is 10.4 Å². The normalized spacial score (nSPS) is 14.5. The largest absolute Gasteiger partial charge is 0.463 e. The lowest BCUT2D eigenvalue weighted by Gasteiger charge is -2.07. The van der Waals surface area contributed by atoms with Crippen LogP contribution in [0.15, 0.2) is 17.3 Å². The molecule has 14 heavy (non-hydrogen) atoms. The number of rotatable bonds is 5. The minimum Gasteiger partial charge on any atom is -0.463 e. The minimum atomic E-state index is -0.837. The molecule has 0 aliphatic rings. The van der Waals surface area contributed by atoms with Gasteiger partial charge in [0, 0.05) is 11.0 Å². The number of hydrogen-bond donors (Lipinski definition) is 1. The van der Waals surface area contributed by atoms with Crippen molar-refractivity contribution in [2.75, 3.05) is 6.61 Å². The first-order valence-corrected chi connectivity index (χ1v) is 4.19. The van der Waals surface area contributed by atoms with E-state index in [1.54, 1.807) is 6.92 Å². The van der Waals surface area contributed by atoms with Crippen LogP contribution in [0.5, 0.6) is 0 Å². The molecule has 0 aromatic heterocycles. The molecule has 0 fully saturated rings. The summed E-state index contributed by atoms with van der Waals surface area (Å²) >= 11 is 0. The zero-order valence-corrected chi connectivity index (χ0v) is 8.12. The highest BCUT2D eigenvalue weighted by molar-refractivity contribution is 5.82. The number of carbonyl (C=O) groups is 1. The van der Waals surface area contributed by atoms with E-state index in [1.165, 1.54) is 13.0 Å². The standard InChI is InChI=1S/C8H13N3O3/c1-3-14-8(13)5-4-7(6(2)12)10-11-9/h4-7,12H,3H2,1-2H3/b5-4+. The van der Waals surface area contributed by atoms with Gasteiger partial charge >= 0.3 is 5.97 Å². The summed E-state index contributed by atoms with van der Waals surface area (Å²) in [6.45, 7) is 3.43. The molecule has 0 spiro atoms. The average molecular weight is 199 g/mol. The lowest BCUT2D eigenvalue weighted by atomic mass is 10.2. The van der Waals surface area contributed by atoms with Crippen molar-refractivity contribution in [2.24, 2.45) is 5.11 Å². The molecule has 0 amide bonds. The van der Waals surface area contributed by atoms with Gasteiger partial charge in [0.2, 0.25) is 0 Å². The van der Waals surface area contributed by atoms with Crippen LogP contribution in [0.4, 0.5) is 0 Å². The van der Waals surface area contributed by atoms with Gasteiger partial charge in [0.1, 0.15) is 0 Å². The van der Waals surface area contributed by atoms with Gasteiger partial charge in [0.15, 0.2) is 0 Å². The fraction of sp³-hybridized carbons (Fsp3) is 0.625. The van der Waals surface area contributed by atoms with Gasteiger partial charge < -0.3 is 9.84 Å². The Labute approximate surface area is 81.8 Å². The highest BCUT2D eigenvalue weighted by Gasteiger charge is 2.09. The SMILES string of the molecule is CCOC(=O)/C=C/C(N=[N+]=[N-])C(C)O. The van der Waals surface area contributed by atoms with Crippen molar-refractivity contribution in [1.82, 2.24) is 0 Å². The lowest BCUT2D eigenvalue weighted by molar-refractivity contribution is -0.137. The summed E-state index contributed by atoms with van der Waals surface area (Å²) < 4.78 is 4.61. The van der Waals surface area contributed by atoms with Gasteiger partial charge in [0.05, 0.1) is 18.8 Å². The molecule has 1 N–H and O–H groups in total. The minimum absolute atomic E-state index is 0.282. The zero-order chi connectivity index (χ0) is 11.0. The number of hydrogen-bond acceptors (Lipinski definition) is 4. The molecule has 0 aliphatic heterocycles. The van der Waals surface area contributed by atoms with Gasteiger partial charge in [-0.05, 0) is 19.4 Å².